The number of halogens is 1. The number of amides is 1. The highest BCUT2D eigenvalue weighted by Gasteiger charge is 2.29. The summed E-state index contributed by atoms with van der Waals surface area (Å²) in [6.45, 7) is 2.95. The Kier molecular flexibility index (Phi) is 9.68. The molecule has 1 amide bonds. The highest BCUT2D eigenvalue weighted by atomic mass is 35.5. The van der Waals surface area contributed by atoms with Gasteiger partial charge in [-0.1, -0.05) is 61.4 Å². The Morgan fingerprint density at radius 3 is 2.07 bits per heavy atom. The second kappa shape index (κ2) is 12.7. The maximum absolute atomic E-state index is 12.5. The van der Waals surface area contributed by atoms with Gasteiger partial charge in [-0.2, -0.15) is 0 Å². The summed E-state index contributed by atoms with van der Waals surface area (Å²) in [5.41, 5.74) is 4.97. The maximum atomic E-state index is 12.5. The predicted molar refractivity (Wildman–Crippen MR) is 122 cm³/mol. The Morgan fingerprint density at radius 2 is 1.40 bits per heavy atom. The van der Waals surface area contributed by atoms with E-state index < -0.39 is 0 Å². The molecule has 1 aliphatic rings. The van der Waals surface area contributed by atoms with Crippen molar-refractivity contribution in [2.45, 2.75) is 38.0 Å². The summed E-state index contributed by atoms with van der Waals surface area (Å²) in [7, 11) is 0. The first-order chi connectivity index (χ1) is 14.8. The molecule has 4 nitrogen and oxygen atoms in total. The number of carbonyl (C=O) groups excluding carboxylic acids is 1. The van der Waals surface area contributed by atoms with E-state index in [1.165, 1.54) is 28.7 Å². The van der Waals surface area contributed by atoms with Gasteiger partial charge in [0.1, 0.15) is 0 Å². The molecule has 162 valence electrons. The first-order valence-corrected chi connectivity index (χ1v) is 11.5. The number of benzene rings is 2. The van der Waals surface area contributed by atoms with E-state index >= 15 is 0 Å². The molecule has 0 spiro atoms. The molecule has 0 aliphatic heterocycles. The van der Waals surface area contributed by atoms with Gasteiger partial charge in [-0.25, -0.2) is 0 Å². The fourth-order valence-electron chi connectivity index (χ4n) is 3.97. The number of fused-ring (bicyclic) bond motifs is 3. The van der Waals surface area contributed by atoms with Gasteiger partial charge in [0, 0.05) is 31.4 Å². The van der Waals surface area contributed by atoms with Gasteiger partial charge in [0.05, 0.1) is 19.8 Å². The van der Waals surface area contributed by atoms with Gasteiger partial charge in [-0.05, 0) is 35.1 Å². The van der Waals surface area contributed by atoms with E-state index in [2.05, 4.69) is 41.7 Å². The Hall–Kier alpha value is -1.88. The van der Waals surface area contributed by atoms with Crippen molar-refractivity contribution in [2.75, 3.05) is 38.9 Å². The topological polar surface area (TPSA) is 47.6 Å². The largest absolute Gasteiger partial charge is 0.379 e. The van der Waals surface area contributed by atoms with Gasteiger partial charge in [0.25, 0.3) is 0 Å². The quantitative estimate of drug-likeness (QED) is 0.334. The van der Waals surface area contributed by atoms with Crippen LogP contribution in [0.5, 0.6) is 0 Å². The predicted octanol–water partition coefficient (Wildman–Crippen LogP) is 5.14. The second-order valence-corrected chi connectivity index (χ2v) is 7.99. The minimum Gasteiger partial charge on any atom is -0.379 e. The van der Waals surface area contributed by atoms with Crippen molar-refractivity contribution >= 4 is 17.5 Å². The smallest absolute Gasteiger partial charge is 0.221 e. The van der Waals surface area contributed by atoms with Crippen molar-refractivity contribution in [3.8, 4) is 11.1 Å². The number of alkyl halides is 1. The van der Waals surface area contributed by atoms with Crippen LogP contribution in [0.1, 0.15) is 49.1 Å². The zero-order valence-electron chi connectivity index (χ0n) is 17.6. The molecule has 0 radical (unpaired) electrons. The third kappa shape index (κ3) is 6.56. The molecule has 0 bridgehead atoms. The number of hydrogen-bond acceptors (Lipinski definition) is 3. The van der Waals surface area contributed by atoms with E-state index in [1.807, 2.05) is 12.1 Å². The SMILES string of the molecule is O=C(CC1c2ccccc2-c2ccccc21)NCCOCCOCCCCCCCl. The fraction of sp³-hybridized carbons (Fsp3) is 0.480. The lowest BCUT2D eigenvalue weighted by Gasteiger charge is -2.14. The van der Waals surface area contributed by atoms with E-state index in [-0.39, 0.29) is 11.8 Å². The molecule has 5 heteroatoms. The molecule has 0 saturated carbocycles. The number of ether oxygens (including phenoxy) is 2. The minimum atomic E-state index is 0.0586. The molecule has 2 aromatic carbocycles. The first-order valence-electron chi connectivity index (χ1n) is 11.0. The molecule has 0 saturated heterocycles. The number of nitrogens with one attached hydrogen (secondary N) is 1. The van der Waals surface area contributed by atoms with Crippen molar-refractivity contribution in [1.82, 2.24) is 5.32 Å². The summed E-state index contributed by atoms with van der Waals surface area (Å²) in [6, 6.07) is 16.8. The monoisotopic (exact) mass is 429 g/mol. The van der Waals surface area contributed by atoms with Crippen LogP contribution in [0.3, 0.4) is 0 Å². The van der Waals surface area contributed by atoms with Gasteiger partial charge >= 0.3 is 0 Å². The highest BCUT2D eigenvalue weighted by Crippen LogP contribution is 2.45. The van der Waals surface area contributed by atoms with Crippen LogP contribution in [0.25, 0.3) is 11.1 Å². The molecule has 0 heterocycles. The summed E-state index contributed by atoms with van der Waals surface area (Å²) in [4.78, 5) is 12.5. The Bertz CT molecular complexity index is 750. The van der Waals surface area contributed by atoms with E-state index in [1.54, 1.807) is 0 Å². The summed E-state index contributed by atoms with van der Waals surface area (Å²) < 4.78 is 11.1. The average molecular weight is 430 g/mol. The molecular weight excluding hydrogens is 398 g/mol. The molecule has 3 rings (SSSR count). The summed E-state index contributed by atoms with van der Waals surface area (Å²) in [5.74, 6) is 0.923. The molecule has 1 aliphatic carbocycles. The summed E-state index contributed by atoms with van der Waals surface area (Å²) >= 11 is 5.65. The van der Waals surface area contributed by atoms with Crippen molar-refractivity contribution < 1.29 is 14.3 Å². The standard InChI is InChI=1S/C25H32ClNO3/c26-13-7-1-2-8-15-29-17-18-30-16-14-27-25(28)19-24-22-11-5-3-9-20(22)21-10-4-6-12-23(21)24/h3-6,9-12,24H,1-2,7-8,13-19H2,(H,27,28). The molecule has 0 atom stereocenters. The van der Waals surface area contributed by atoms with Crippen LogP contribution in [-0.2, 0) is 14.3 Å². The van der Waals surface area contributed by atoms with Crippen LogP contribution < -0.4 is 5.32 Å². The zero-order valence-corrected chi connectivity index (χ0v) is 18.3. The summed E-state index contributed by atoms with van der Waals surface area (Å²) in [5, 5.41) is 2.99. The lowest BCUT2D eigenvalue weighted by atomic mass is 9.93. The number of rotatable bonds is 14. The van der Waals surface area contributed by atoms with Crippen molar-refractivity contribution in [3.63, 3.8) is 0 Å². The molecule has 1 N–H and O–H groups in total. The van der Waals surface area contributed by atoms with Gasteiger partial charge in [-0.3, -0.25) is 4.79 Å². The van der Waals surface area contributed by atoms with Crippen LogP contribution >= 0.6 is 11.6 Å². The maximum Gasteiger partial charge on any atom is 0.221 e. The van der Waals surface area contributed by atoms with Gasteiger partial charge in [-0.15, -0.1) is 11.6 Å². The molecule has 0 unspecified atom stereocenters. The van der Waals surface area contributed by atoms with Crippen LogP contribution in [0, 0.1) is 0 Å². The van der Waals surface area contributed by atoms with Crippen LogP contribution in [-0.4, -0.2) is 44.8 Å². The average Bonchev–Trinajstić information content (AvgIpc) is 3.08. The third-order valence-electron chi connectivity index (χ3n) is 5.46. The molecule has 0 aromatic heterocycles. The van der Waals surface area contributed by atoms with Crippen LogP contribution in [0.15, 0.2) is 48.5 Å². The number of carbonyl (C=O) groups is 1. The van der Waals surface area contributed by atoms with E-state index in [0.29, 0.717) is 32.8 Å². The van der Waals surface area contributed by atoms with Crippen LogP contribution in [0.4, 0.5) is 0 Å². The van der Waals surface area contributed by atoms with E-state index in [0.717, 1.165) is 31.7 Å². The summed E-state index contributed by atoms with van der Waals surface area (Å²) in [6.07, 6.45) is 4.94. The van der Waals surface area contributed by atoms with Crippen molar-refractivity contribution in [3.05, 3.63) is 59.7 Å². The normalized spacial score (nSPS) is 12.6. The van der Waals surface area contributed by atoms with Crippen molar-refractivity contribution in [1.29, 1.82) is 0 Å². The lowest BCUT2D eigenvalue weighted by molar-refractivity contribution is -0.121. The lowest BCUT2D eigenvalue weighted by Crippen LogP contribution is -2.28. The van der Waals surface area contributed by atoms with Gasteiger partial charge < -0.3 is 14.8 Å². The Labute approximate surface area is 184 Å². The second-order valence-electron chi connectivity index (χ2n) is 7.61. The van der Waals surface area contributed by atoms with Gasteiger partial charge in [0.2, 0.25) is 5.91 Å². The third-order valence-corrected chi connectivity index (χ3v) is 5.73. The molecule has 0 fully saturated rings. The number of unbranched alkanes of at least 4 members (excludes halogenated alkanes) is 3. The number of hydrogen-bond donors (Lipinski definition) is 1. The molecule has 30 heavy (non-hydrogen) atoms. The fourth-order valence-corrected chi connectivity index (χ4v) is 4.16. The first kappa shape index (κ1) is 22.8. The Morgan fingerprint density at radius 1 is 0.800 bits per heavy atom. The molecule has 2 aromatic rings. The molecular formula is C25H32ClNO3. The minimum absolute atomic E-state index is 0.0586. The van der Waals surface area contributed by atoms with Crippen molar-refractivity contribution in [2.24, 2.45) is 0 Å². The van der Waals surface area contributed by atoms with E-state index in [4.69, 9.17) is 21.1 Å². The highest BCUT2D eigenvalue weighted by molar-refractivity contribution is 6.17. The van der Waals surface area contributed by atoms with Crippen LogP contribution in [0.2, 0.25) is 0 Å². The zero-order chi connectivity index (χ0) is 21.0. The van der Waals surface area contributed by atoms with Gasteiger partial charge in [0.15, 0.2) is 0 Å². The van der Waals surface area contributed by atoms with E-state index in [9.17, 15) is 4.79 Å². The Balaban J connectivity index is 1.30.